The van der Waals surface area contributed by atoms with Crippen LogP contribution in [0.5, 0.6) is 0 Å². The predicted octanol–water partition coefficient (Wildman–Crippen LogP) is 2.11. The monoisotopic (exact) mass is 416 g/mol. The summed E-state index contributed by atoms with van der Waals surface area (Å²) in [5.74, 6) is -1.23. The lowest BCUT2D eigenvalue weighted by Crippen LogP contribution is -2.45. The summed E-state index contributed by atoms with van der Waals surface area (Å²) in [6.07, 6.45) is 5.46. The molecule has 1 saturated carbocycles. The molecule has 1 atom stereocenters. The van der Waals surface area contributed by atoms with Crippen LogP contribution in [0.1, 0.15) is 63.1 Å². The van der Waals surface area contributed by atoms with Crippen LogP contribution in [0, 0.1) is 11.8 Å². The highest BCUT2D eigenvalue weighted by Crippen LogP contribution is 2.24. The Morgan fingerprint density at radius 3 is 2.46 bits per heavy atom. The summed E-state index contributed by atoms with van der Waals surface area (Å²) in [6.45, 7) is 4.91. The average Bonchev–Trinajstić information content (AvgIpc) is 2.99. The van der Waals surface area contributed by atoms with Crippen LogP contribution in [0.3, 0.4) is 0 Å². The largest absolute Gasteiger partial charge is 0.437 e. The van der Waals surface area contributed by atoms with Gasteiger partial charge in [-0.2, -0.15) is 4.68 Å². The van der Waals surface area contributed by atoms with Crippen LogP contribution in [0.4, 0.5) is 0 Å². The quantitative estimate of drug-likeness (QED) is 0.619. The molecule has 8 nitrogen and oxygen atoms in total. The molecule has 0 bridgehead atoms. The van der Waals surface area contributed by atoms with Crippen molar-refractivity contribution in [2.24, 2.45) is 11.8 Å². The molecular weight excluding hydrogens is 384 g/mol. The van der Waals surface area contributed by atoms with E-state index in [1.165, 1.54) is 0 Å². The highest BCUT2D eigenvalue weighted by Gasteiger charge is 2.30. The van der Waals surface area contributed by atoms with Gasteiger partial charge in [0.2, 0.25) is 11.7 Å². The van der Waals surface area contributed by atoms with Crippen molar-refractivity contribution in [3.8, 4) is 0 Å². The first-order chi connectivity index (χ1) is 12.8. The SMILES string of the molecule is CC(C)C[C@H](NC(=O)C1CCCCC1)C(=O)c1nn(CCN(C)C)c(=O)o1.Cl. The van der Waals surface area contributed by atoms with Gasteiger partial charge in [0.25, 0.3) is 5.89 Å². The molecule has 0 saturated heterocycles. The zero-order chi connectivity index (χ0) is 20.0. The van der Waals surface area contributed by atoms with E-state index in [0.29, 0.717) is 19.5 Å². The summed E-state index contributed by atoms with van der Waals surface area (Å²) in [7, 11) is 3.77. The van der Waals surface area contributed by atoms with E-state index in [0.717, 1.165) is 36.8 Å². The number of amides is 1. The number of nitrogens with one attached hydrogen (secondary N) is 1. The number of likely N-dealkylation sites (N-methyl/N-ethyl adjacent to an activating group) is 1. The number of aromatic nitrogens is 2. The molecule has 28 heavy (non-hydrogen) atoms. The lowest BCUT2D eigenvalue weighted by Gasteiger charge is -2.24. The third-order valence-electron chi connectivity index (χ3n) is 4.89. The van der Waals surface area contributed by atoms with Gasteiger partial charge in [0, 0.05) is 12.5 Å². The molecular formula is C19H33ClN4O4. The van der Waals surface area contributed by atoms with E-state index in [-0.39, 0.29) is 36.0 Å². The molecule has 1 fully saturated rings. The second-order valence-electron chi connectivity index (χ2n) is 8.09. The average molecular weight is 417 g/mol. The Morgan fingerprint density at radius 1 is 1.25 bits per heavy atom. The van der Waals surface area contributed by atoms with Gasteiger partial charge in [0.05, 0.1) is 12.6 Å². The topological polar surface area (TPSA) is 97.4 Å². The summed E-state index contributed by atoms with van der Waals surface area (Å²) in [4.78, 5) is 39.3. The maximum absolute atomic E-state index is 12.9. The minimum Gasteiger partial charge on any atom is -0.384 e. The molecule has 1 N–H and O–H groups in total. The number of Topliss-reactive ketones (excluding diaryl/α,β-unsaturated/α-hetero) is 1. The molecule has 0 aliphatic heterocycles. The maximum Gasteiger partial charge on any atom is 0.437 e. The summed E-state index contributed by atoms with van der Waals surface area (Å²) in [6, 6.07) is -0.722. The van der Waals surface area contributed by atoms with Gasteiger partial charge in [-0.05, 0) is 39.3 Å². The highest BCUT2D eigenvalue weighted by atomic mass is 35.5. The Labute approximate surface area is 172 Å². The molecule has 1 aromatic rings. The van der Waals surface area contributed by atoms with E-state index >= 15 is 0 Å². The van der Waals surface area contributed by atoms with Crippen molar-refractivity contribution in [1.82, 2.24) is 20.0 Å². The van der Waals surface area contributed by atoms with Crippen LogP contribution in [-0.4, -0.2) is 53.1 Å². The zero-order valence-electron chi connectivity index (χ0n) is 17.3. The van der Waals surface area contributed by atoms with E-state index in [1.54, 1.807) is 0 Å². The Kier molecular flexibility index (Phi) is 9.89. The van der Waals surface area contributed by atoms with Crippen LogP contribution in [0.15, 0.2) is 9.21 Å². The van der Waals surface area contributed by atoms with Crippen molar-refractivity contribution in [1.29, 1.82) is 0 Å². The number of carbonyl (C=O) groups excluding carboxylic acids is 2. The molecule has 1 aromatic heterocycles. The van der Waals surface area contributed by atoms with Gasteiger partial charge in [-0.25, -0.2) is 4.79 Å². The Balaban J connectivity index is 0.00000392. The summed E-state index contributed by atoms with van der Waals surface area (Å²) in [5.41, 5.74) is 0. The van der Waals surface area contributed by atoms with Crippen LogP contribution >= 0.6 is 12.4 Å². The molecule has 9 heteroatoms. The van der Waals surface area contributed by atoms with E-state index < -0.39 is 17.6 Å². The smallest absolute Gasteiger partial charge is 0.384 e. The van der Waals surface area contributed by atoms with E-state index in [9.17, 15) is 14.4 Å². The number of hydrogen-bond donors (Lipinski definition) is 1. The fourth-order valence-electron chi connectivity index (χ4n) is 3.35. The number of hydrogen-bond acceptors (Lipinski definition) is 6. The molecule has 1 aliphatic carbocycles. The van der Waals surface area contributed by atoms with Crippen LogP contribution in [-0.2, 0) is 11.3 Å². The van der Waals surface area contributed by atoms with Crippen LogP contribution in [0.2, 0.25) is 0 Å². The van der Waals surface area contributed by atoms with E-state index in [1.807, 2.05) is 32.8 Å². The van der Waals surface area contributed by atoms with Gasteiger partial charge in [-0.15, -0.1) is 17.5 Å². The van der Waals surface area contributed by atoms with Crippen molar-refractivity contribution in [3.05, 3.63) is 16.4 Å². The normalized spacial score (nSPS) is 16.1. The molecule has 0 unspecified atom stereocenters. The van der Waals surface area contributed by atoms with Crippen molar-refractivity contribution >= 4 is 24.1 Å². The molecule has 160 valence electrons. The van der Waals surface area contributed by atoms with Gasteiger partial charge in [-0.1, -0.05) is 33.1 Å². The second-order valence-corrected chi connectivity index (χ2v) is 8.09. The summed E-state index contributed by atoms with van der Waals surface area (Å²) in [5, 5.41) is 6.93. The van der Waals surface area contributed by atoms with Gasteiger partial charge in [-0.3, -0.25) is 9.59 Å². The highest BCUT2D eigenvalue weighted by molar-refractivity contribution is 5.98. The van der Waals surface area contributed by atoms with Crippen molar-refractivity contribution < 1.29 is 14.0 Å². The first-order valence-corrected chi connectivity index (χ1v) is 9.85. The number of nitrogens with zero attached hydrogens (tertiary/aromatic N) is 3. The van der Waals surface area contributed by atoms with E-state index in [2.05, 4.69) is 10.4 Å². The number of ketones is 1. The van der Waals surface area contributed by atoms with Gasteiger partial charge in [0.15, 0.2) is 0 Å². The van der Waals surface area contributed by atoms with E-state index in [4.69, 9.17) is 4.42 Å². The first kappa shape index (κ1) is 24.4. The van der Waals surface area contributed by atoms with Crippen molar-refractivity contribution in [3.63, 3.8) is 0 Å². The molecule has 1 amide bonds. The van der Waals surface area contributed by atoms with Crippen molar-refractivity contribution in [2.45, 2.75) is 65.0 Å². The lowest BCUT2D eigenvalue weighted by atomic mass is 9.88. The molecule has 2 rings (SSSR count). The number of carbonyl (C=O) groups is 2. The third-order valence-corrected chi connectivity index (χ3v) is 4.89. The summed E-state index contributed by atoms with van der Waals surface area (Å²) >= 11 is 0. The Morgan fingerprint density at radius 2 is 1.89 bits per heavy atom. The van der Waals surface area contributed by atoms with Crippen LogP contribution in [0.25, 0.3) is 0 Å². The molecule has 0 radical (unpaired) electrons. The standard InChI is InChI=1S/C19H32N4O4.ClH/c1-13(2)12-15(20-17(25)14-8-6-5-7-9-14)16(24)18-21-23(19(26)27-18)11-10-22(3)4;/h13-15H,5-12H2,1-4H3,(H,20,25);1H/t15-;/m0./s1. The van der Waals surface area contributed by atoms with Crippen LogP contribution < -0.4 is 11.1 Å². The molecule has 0 aromatic carbocycles. The minimum atomic E-state index is -0.722. The lowest BCUT2D eigenvalue weighted by molar-refractivity contribution is -0.126. The number of halogens is 1. The molecule has 1 heterocycles. The molecule has 0 spiro atoms. The predicted molar refractivity (Wildman–Crippen MR) is 109 cm³/mol. The summed E-state index contributed by atoms with van der Waals surface area (Å²) < 4.78 is 6.23. The Hall–Kier alpha value is -1.67. The van der Waals surface area contributed by atoms with Gasteiger partial charge in [0.1, 0.15) is 0 Å². The number of rotatable bonds is 9. The zero-order valence-corrected chi connectivity index (χ0v) is 18.1. The van der Waals surface area contributed by atoms with Crippen molar-refractivity contribution in [2.75, 3.05) is 20.6 Å². The van der Waals surface area contributed by atoms with Gasteiger partial charge < -0.3 is 14.6 Å². The fourth-order valence-corrected chi connectivity index (χ4v) is 3.35. The Bertz CT molecular complexity index is 692. The second kappa shape index (κ2) is 11.4. The third kappa shape index (κ3) is 7.05. The fraction of sp³-hybridized carbons (Fsp3) is 0.789. The molecule has 1 aliphatic rings. The maximum atomic E-state index is 12.9. The first-order valence-electron chi connectivity index (χ1n) is 9.85. The van der Waals surface area contributed by atoms with Gasteiger partial charge >= 0.3 is 5.76 Å². The minimum absolute atomic E-state index is 0.